The summed E-state index contributed by atoms with van der Waals surface area (Å²) in [4.78, 5) is 0.993. The Balaban J connectivity index is 2.00. The van der Waals surface area contributed by atoms with Gasteiger partial charge in [-0.25, -0.2) is 0 Å². The maximum absolute atomic E-state index is 4.68. The normalized spacial score (nSPS) is 13.9. The Morgan fingerprint density at radius 3 is 1.70 bits per heavy atom. The van der Waals surface area contributed by atoms with E-state index in [0.717, 1.165) is 4.90 Å². The summed E-state index contributed by atoms with van der Waals surface area (Å²) in [6.45, 7) is 0. The van der Waals surface area contributed by atoms with Gasteiger partial charge in [0.15, 0.2) is 0 Å². The first-order valence-corrected chi connectivity index (χ1v) is 10.5. The van der Waals surface area contributed by atoms with Crippen molar-refractivity contribution in [1.82, 2.24) is 0 Å². The molecule has 0 heterocycles. The first-order chi connectivity index (χ1) is 13.2. The van der Waals surface area contributed by atoms with Crippen molar-refractivity contribution in [2.24, 2.45) is 0 Å². The predicted octanol–water partition coefficient (Wildman–Crippen LogP) is 6.94. The second-order valence-corrected chi connectivity index (χ2v) is 8.66. The molecule has 0 nitrogen and oxygen atoms in total. The van der Waals surface area contributed by atoms with Crippen molar-refractivity contribution < 1.29 is 0 Å². The number of rotatable bonds is 2. The van der Waals surface area contributed by atoms with Crippen molar-refractivity contribution in [1.29, 1.82) is 0 Å². The molecule has 1 aliphatic carbocycles. The van der Waals surface area contributed by atoms with Crippen LogP contribution in [-0.4, -0.2) is 0 Å². The molecule has 130 valence electrons. The molecule has 0 amide bonds. The third-order valence-electron chi connectivity index (χ3n) is 5.50. The van der Waals surface area contributed by atoms with E-state index in [0.29, 0.717) is 0 Å². The Bertz CT molecular complexity index is 1040. The van der Waals surface area contributed by atoms with Crippen LogP contribution in [0.15, 0.2) is 102 Å². The van der Waals surface area contributed by atoms with E-state index in [2.05, 4.69) is 132 Å². The van der Waals surface area contributed by atoms with Crippen molar-refractivity contribution in [2.45, 2.75) is 10.3 Å². The lowest BCUT2D eigenvalue weighted by Gasteiger charge is -2.34. The largest absolute Gasteiger partial charge is 0.143 e. The summed E-state index contributed by atoms with van der Waals surface area (Å²) < 4.78 is 1.25. The van der Waals surface area contributed by atoms with Crippen molar-refractivity contribution in [3.8, 4) is 11.1 Å². The fraction of sp³-hybridized carbons (Fsp3) is 0.0400. The van der Waals surface area contributed by atoms with Crippen LogP contribution in [0.25, 0.3) is 11.1 Å². The van der Waals surface area contributed by atoms with Gasteiger partial charge in [0.25, 0.3) is 0 Å². The van der Waals surface area contributed by atoms with E-state index >= 15 is 0 Å². The van der Waals surface area contributed by atoms with E-state index in [1.54, 1.807) is 0 Å². The third kappa shape index (κ3) is 2.50. The topological polar surface area (TPSA) is 0 Å². The molecule has 2 heteroatoms. The molecule has 0 unspecified atom stereocenters. The second-order valence-electron chi connectivity index (χ2n) is 6.90. The van der Waals surface area contributed by atoms with Crippen LogP contribution in [-0.2, 0) is 5.41 Å². The molecule has 0 spiro atoms. The number of benzene rings is 4. The molecule has 0 atom stereocenters. The molecule has 5 rings (SSSR count). The molecule has 0 radical (unpaired) electrons. The van der Waals surface area contributed by atoms with E-state index in [4.69, 9.17) is 0 Å². The Labute approximate surface area is 178 Å². The number of halogens is 1. The number of hydrogen-bond acceptors (Lipinski definition) is 1. The lowest BCUT2D eigenvalue weighted by Crippen LogP contribution is -2.28. The Morgan fingerprint density at radius 1 is 0.593 bits per heavy atom. The fourth-order valence-electron chi connectivity index (χ4n) is 4.45. The van der Waals surface area contributed by atoms with Crippen molar-refractivity contribution >= 4 is 35.2 Å². The molecule has 0 bridgehead atoms. The van der Waals surface area contributed by atoms with E-state index in [9.17, 15) is 0 Å². The smallest absolute Gasteiger partial charge is 0.0714 e. The molecule has 1 aliphatic rings. The summed E-state index contributed by atoms with van der Waals surface area (Å²) in [5, 5.41) is 0. The van der Waals surface area contributed by atoms with Gasteiger partial charge < -0.3 is 0 Å². The van der Waals surface area contributed by atoms with Gasteiger partial charge in [0.05, 0.1) is 5.41 Å². The Morgan fingerprint density at radius 2 is 1.11 bits per heavy atom. The van der Waals surface area contributed by atoms with Gasteiger partial charge in [-0.05, 0) is 80.2 Å². The first-order valence-electron chi connectivity index (χ1n) is 8.96. The maximum Gasteiger partial charge on any atom is 0.0714 e. The van der Waals surface area contributed by atoms with E-state index in [1.165, 1.54) is 37.0 Å². The summed E-state index contributed by atoms with van der Waals surface area (Å²) in [5.41, 5.74) is 7.52. The maximum atomic E-state index is 4.68. The summed E-state index contributed by atoms with van der Waals surface area (Å²) >= 11 is 7.10. The molecule has 0 aliphatic heterocycles. The van der Waals surface area contributed by atoms with E-state index in [-0.39, 0.29) is 5.41 Å². The minimum absolute atomic E-state index is 0.326. The number of hydrogen-bond donors (Lipinski definition) is 1. The van der Waals surface area contributed by atoms with Crippen LogP contribution in [0.5, 0.6) is 0 Å². The molecule has 0 fully saturated rings. The Kier molecular flexibility index (Phi) is 4.14. The predicted molar refractivity (Wildman–Crippen MR) is 124 cm³/mol. The lowest BCUT2D eigenvalue weighted by atomic mass is 9.68. The van der Waals surface area contributed by atoms with Crippen LogP contribution in [0, 0.1) is 3.57 Å². The molecular formula is C25H17IS. The van der Waals surface area contributed by atoms with E-state index < -0.39 is 0 Å². The zero-order valence-corrected chi connectivity index (χ0v) is 17.6. The highest BCUT2D eigenvalue weighted by atomic mass is 127. The van der Waals surface area contributed by atoms with Gasteiger partial charge in [0.1, 0.15) is 0 Å². The van der Waals surface area contributed by atoms with Crippen LogP contribution in [0.2, 0.25) is 0 Å². The minimum atomic E-state index is -0.326. The van der Waals surface area contributed by atoms with Crippen LogP contribution in [0.3, 0.4) is 0 Å². The molecule has 27 heavy (non-hydrogen) atoms. The van der Waals surface area contributed by atoms with Crippen molar-refractivity contribution in [3.05, 3.63) is 123 Å². The monoisotopic (exact) mass is 476 g/mol. The van der Waals surface area contributed by atoms with Gasteiger partial charge in [-0.1, -0.05) is 72.8 Å². The van der Waals surface area contributed by atoms with Crippen molar-refractivity contribution in [2.75, 3.05) is 0 Å². The molecule has 0 N–H and O–H groups in total. The first kappa shape index (κ1) is 17.1. The highest BCUT2D eigenvalue weighted by molar-refractivity contribution is 14.1. The van der Waals surface area contributed by atoms with Gasteiger partial charge >= 0.3 is 0 Å². The zero-order valence-electron chi connectivity index (χ0n) is 14.6. The number of fused-ring (bicyclic) bond motifs is 3. The van der Waals surface area contributed by atoms with Gasteiger partial charge in [-0.3, -0.25) is 0 Å². The fourth-order valence-corrected chi connectivity index (χ4v) is 5.14. The quantitative estimate of drug-likeness (QED) is 0.207. The second kappa shape index (κ2) is 6.54. The third-order valence-corrected chi connectivity index (χ3v) is 6.45. The SMILES string of the molecule is Sc1ccc2c(c1)C(c1ccccc1)(c1ccccc1)c1cc(I)ccc1-2. The molecule has 4 aromatic rings. The molecule has 0 aromatic heterocycles. The highest BCUT2D eigenvalue weighted by Crippen LogP contribution is 2.56. The van der Waals surface area contributed by atoms with Crippen LogP contribution in [0.1, 0.15) is 22.3 Å². The van der Waals surface area contributed by atoms with Crippen LogP contribution >= 0.6 is 35.2 Å². The number of thiol groups is 1. The Hall–Kier alpha value is -2.04. The summed E-state index contributed by atoms with van der Waals surface area (Å²) in [5.74, 6) is 0. The zero-order chi connectivity index (χ0) is 18.4. The van der Waals surface area contributed by atoms with Crippen molar-refractivity contribution in [3.63, 3.8) is 0 Å². The van der Waals surface area contributed by atoms with Gasteiger partial charge in [-0.15, -0.1) is 12.6 Å². The van der Waals surface area contributed by atoms with Crippen LogP contribution < -0.4 is 0 Å². The summed E-state index contributed by atoms with van der Waals surface area (Å²) in [6, 6.07) is 35.1. The molecular weight excluding hydrogens is 459 g/mol. The molecule has 4 aromatic carbocycles. The minimum Gasteiger partial charge on any atom is -0.143 e. The van der Waals surface area contributed by atoms with E-state index in [1.807, 2.05) is 0 Å². The van der Waals surface area contributed by atoms with Gasteiger partial charge in [0.2, 0.25) is 0 Å². The average molecular weight is 476 g/mol. The lowest BCUT2D eigenvalue weighted by molar-refractivity contribution is 0.765. The molecule has 0 saturated carbocycles. The standard InChI is InChI=1S/C25H17IS/c26-19-11-13-21-22-14-12-20(27)16-24(22)25(23(21)15-19,17-7-3-1-4-8-17)18-9-5-2-6-10-18/h1-16,27H. The average Bonchev–Trinajstić information content (AvgIpc) is 2.99. The van der Waals surface area contributed by atoms with Gasteiger partial charge in [-0.2, -0.15) is 0 Å². The summed E-state index contributed by atoms with van der Waals surface area (Å²) in [6.07, 6.45) is 0. The van der Waals surface area contributed by atoms with Crippen LogP contribution in [0.4, 0.5) is 0 Å². The highest BCUT2D eigenvalue weighted by Gasteiger charge is 2.46. The molecule has 0 saturated heterocycles. The summed E-state index contributed by atoms with van der Waals surface area (Å²) in [7, 11) is 0. The van der Waals surface area contributed by atoms with Gasteiger partial charge in [0, 0.05) is 8.47 Å².